The van der Waals surface area contributed by atoms with Gasteiger partial charge in [0.1, 0.15) is 10.4 Å². The smallest absolute Gasteiger partial charge is 0.332 e. The molecule has 0 unspecified atom stereocenters. The van der Waals surface area contributed by atoms with Gasteiger partial charge >= 0.3 is 6.03 Å². The fraction of sp³-hybridized carbons (Fsp3) is 0.250. The van der Waals surface area contributed by atoms with Crippen LogP contribution in [0.3, 0.4) is 0 Å². The van der Waals surface area contributed by atoms with Crippen LogP contribution in [-0.2, 0) is 11.8 Å². The Bertz CT molecular complexity index is 1720. The van der Waals surface area contributed by atoms with Gasteiger partial charge in [-0.15, -0.1) is 11.3 Å². The van der Waals surface area contributed by atoms with Gasteiger partial charge in [-0.3, -0.25) is 14.3 Å². The lowest BCUT2D eigenvalue weighted by atomic mass is 9.80. The van der Waals surface area contributed by atoms with Gasteiger partial charge in [-0.2, -0.15) is 10.4 Å². The van der Waals surface area contributed by atoms with Crippen molar-refractivity contribution in [2.45, 2.75) is 18.4 Å². The van der Waals surface area contributed by atoms with E-state index in [2.05, 4.69) is 11.2 Å². The Morgan fingerprint density at radius 2 is 1.77 bits per heavy atom. The number of hydrogen-bond acceptors (Lipinski definition) is 6. The number of aromatic nitrogens is 2. The molecule has 6 rings (SSSR count). The number of rotatable bonds is 3. The molecular weight excluding hydrogens is 571 g/mol. The molecular formula is C28H22Cl2N6O3S. The summed E-state index contributed by atoms with van der Waals surface area (Å²) in [7, 11) is 3.41. The summed E-state index contributed by atoms with van der Waals surface area (Å²) in [5.41, 5.74) is 0.907. The fourth-order valence-corrected chi connectivity index (χ4v) is 7.43. The maximum absolute atomic E-state index is 14.4. The van der Waals surface area contributed by atoms with Gasteiger partial charge in [0, 0.05) is 42.0 Å². The lowest BCUT2D eigenvalue weighted by molar-refractivity contribution is -0.124. The SMILES string of the molecule is Cc1nn(C)c2sc(C(=O)N3C[C@@H](c4ccc(C#N)cc4)[C@]4(C3)C(=O)N(c3cc(Cl)cc(Cl)c3)C(=O)N4C)cc12. The largest absolute Gasteiger partial charge is 0.334 e. The number of imide groups is 1. The number of amides is 4. The number of likely N-dealkylation sites (tertiary alicyclic amines) is 1. The molecule has 0 saturated carbocycles. The normalized spacial score (nSPS) is 20.8. The molecule has 40 heavy (non-hydrogen) atoms. The molecule has 2 aliphatic rings. The number of thiophene rings is 1. The number of urea groups is 1. The molecule has 0 bridgehead atoms. The Hall–Kier alpha value is -3.91. The number of hydrogen-bond donors (Lipinski definition) is 0. The molecule has 2 aliphatic heterocycles. The number of carbonyl (C=O) groups is 3. The van der Waals surface area contributed by atoms with Gasteiger partial charge in [0.25, 0.3) is 11.8 Å². The van der Waals surface area contributed by atoms with Gasteiger partial charge in [-0.1, -0.05) is 35.3 Å². The molecule has 2 atom stereocenters. The number of nitrogens with zero attached hydrogens (tertiary/aromatic N) is 6. The maximum atomic E-state index is 14.4. The van der Waals surface area contributed by atoms with E-state index in [1.54, 1.807) is 40.9 Å². The second kappa shape index (κ2) is 9.34. The minimum atomic E-state index is -1.39. The second-order valence-electron chi connectivity index (χ2n) is 10.0. The average Bonchev–Trinajstić information content (AvgIpc) is 3.65. The number of halogens is 2. The molecule has 0 radical (unpaired) electrons. The number of fused-ring (bicyclic) bond motifs is 1. The maximum Gasteiger partial charge on any atom is 0.332 e. The summed E-state index contributed by atoms with van der Waals surface area (Å²) in [5, 5.41) is 15.2. The number of carbonyl (C=O) groups excluding carboxylic acids is 3. The van der Waals surface area contributed by atoms with E-state index in [1.807, 2.05) is 20.0 Å². The standard InChI is InChI=1S/C28H22Cl2N6O3S/c1-15-21-11-23(40-25(21)34(3)32-15)24(37)35-13-22(17-6-4-16(12-31)5-7-17)28(14-35)26(38)36(27(39)33(28)2)20-9-18(29)8-19(30)10-20/h4-11,22H,13-14H2,1-3H3/t22-,28+/m0/s1. The van der Waals surface area contributed by atoms with Gasteiger partial charge in [-0.25, -0.2) is 9.69 Å². The molecule has 202 valence electrons. The zero-order valence-electron chi connectivity index (χ0n) is 21.7. The molecule has 0 aliphatic carbocycles. The monoisotopic (exact) mass is 592 g/mol. The van der Waals surface area contributed by atoms with Crippen molar-refractivity contribution in [1.29, 1.82) is 5.26 Å². The predicted octanol–water partition coefficient (Wildman–Crippen LogP) is 5.20. The summed E-state index contributed by atoms with van der Waals surface area (Å²) >= 11 is 13.8. The highest BCUT2D eigenvalue weighted by molar-refractivity contribution is 7.20. The first-order valence-electron chi connectivity index (χ1n) is 12.4. The first kappa shape index (κ1) is 26.3. The Balaban J connectivity index is 1.45. The van der Waals surface area contributed by atoms with Gasteiger partial charge in [0.05, 0.1) is 34.4 Å². The van der Waals surface area contributed by atoms with Crippen molar-refractivity contribution in [1.82, 2.24) is 19.6 Å². The fourth-order valence-electron chi connectivity index (χ4n) is 5.83. The van der Waals surface area contributed by atoms with Crippen LogP contribution in [-0.4, -0.2) is 63.1 Å². The zero-order chi connectivity index (χ0) is 28.5. The number of aryl methyl sites for hydroxylation is 2. The summed E-state index contributed by atoms with van der Waals surface area (Å²) in [4.78, 5) is 47.5. The van der Waals surface area contributed by atoms with Gasteiger partial charge < -0.3 is 9.80 Å². The van der Waals surface area contributed by atoms with Crippen molar-refractivity contribution >= 4 is 68.3 Å². The van der Waals surface area contributed by atoms with E-state index in [-0.39, 0.29) is 34.7 Å². The minimum Gasteiger partial charge on any atom is -0.334 e. The summed E-state index contributed by atoms with van der Waals surface area (Å²) in [5.74, 6) is -1.25. The van der Waals surface area contributed by atoms with Gasteiger partial charge in [0.2, 0.25) is 0 Å². The van der Waals surface area contributed by atoms with E-state index in [4.69, 9.17) is 23.2 Å². The van der Waals surface area contributed by atoms with Crippen LogP contribution in [0.15, 0.2) is 48.5 Å². The molecule has 2 fully saturated rings. The molecule has 4 amide bonds. The van der Waals surface area contributed by atoms with E-state index < -0.39 is 23.4 Å². The van der Waals surface area contributed by atoms with Crippen molar-refractivity contribution in [2.24, 2.45) is 7.05 Å². The lowest BCUT2D eigenvalue weighted by Gasteiger charge is -2.33. The summed E-state index contributed by atoms with van der Waals surface area (Å²) in [6.07, 6.45) is 0. The lowest BCUT2D eigenvalue weighted by Crippen LogP contribution is -2.54. The van der Waals surface area contributed by atoms with Crippen LogP contribution in [0.2, 0.25) is 10.0 Å². The number of anilines is 1. The van der Waals surface area contributed by atoms with Gasteiger partial charge in [0.15, 0.2) is 0 Å². The highest BCUT2D eigenvalue weighted by atomic mass is 35.5. The van der Waals surface area contributed by atoms with Crippen molar-refractivity contribution in [3.05, 3.63) is 80.3 Å². The molecule has 2 aromatic carbocycles. The predicted molar refractivity (Wildman–Crippen MR) is 153 cm³/mol. The van der Waals surface area contributed by atoms with Crippen molar-refractivity contribution in [3.8, 4) is 6.07 Å². The van der Waals surface area contributed by atoms with Crippen LogP contribution in [0, 0.1) is 18.3 Å². The third-order valence-corrected chi connectivity index (χ3v) is 9.43. The molecule has 2 aromatic heterocycles. The van der Waals surface area contributed by atoms with Crippen LogP contribution in [0.1, 0.15) is 32.4 Å². The second-order valence-corrected chi connectivity index (χ2v) is 11.9. The summed E-state index contributed by atoms with van der Waals surface area (Å²) in [6.45, 7) is 2.08. The van der Waals surface area contributed by atoms with Crippen LogP contribution in [0.5, 0.6) is 0 Å². The Morgan fingerprint density at radius 1 is 1.10 bits per heavy atom. The highest BCUT2D eigenvalue weighted by Crippen LogP contribution is 2.47. The van der Waals surface area contributed by atoms with Crippen molar-refractivity contribution in [2.75, 3.05) is 25.0 Å². The molecule has 0 N–H and O–H groups in total. The molecule has 1 spiro atoms. The molecule has 4 aromatic rings. The zero-order valence-corrected chi connectivity index (χ0v) is 24.0. The highest BCUT2D eigenvalue weighted by Gasteiger charge is 2.65. The van der Waals surface area contributed by atoms with Crippen LogP contribution in [0.25, 0.3) is 10.2 Å². The van der Waals surface area contributed by atoms with Crippen LogP contribution >= 0.6 is 34.5 Å². The van der Waals surface area contributed by atoms with Crippen molar-refractivity contribution < 1.29 is 14.4 Å². The van der Waals surface area contributed by atoms with Crippen molar-refractivity contribution in [3.63, 3.8) is 0 Å². The van der Waals surface area contributed by atoms with E-state index in [0.29, 0.717) is 10.4 Å². The molecule has 12 heteroatoms. The summed E-state index contributed by atoms with van der Waals surface area (Å²) in [6, 6.07) is 14.8. The summed E-state index contributed by atoms with van der Waals surface area (Å²) < 4.78 is 1.75. The molecule has 4 heterocycles. The topological polar surface area (TPSA) is 103 Å². The number of likely N-dealkylation sites (N-methyl/N-ethyl adjacent to an activating group) is 1. The molecule has 9 nitrogen and oxygen atoms in total. The van der Waals surface area contributed by atoms with E-state index in [1.165, 1.54) is 34.4 Å². The quantitative estimate of drug-likeness (QED) is 0.304. The van der Waals surface area contributed by atoms with E-state index >= 15 is 0 Å². The van der Waals surface area contributed by atoms with E-state index in [9.17, 15) is 19.6 Å². The molecule has 2 saturated heterocycles. The number of nitriles is 1. The third kappa shape index (κ3) is 3.80. The first-order chi connectivity index (χ1) is 19.0. The first-order valence-corrected chi connectivity index (χ1v) is 13.9. The Kier molecular flexibility index (Phi) is 6.14. The van der Waals surface area contributed by atoms with Crippen LogP contribution < -0.4 is 4.90 Å². The Labute approximate surface area is 243 Å². The Morgan fingerprint density at radius 3 is 2.40 bits per heavy atom. The minimum absolute atomic E-state index is 0.00610. The average molecular weight is 593 g/mol. The number of benzene rings is 2. The third-order valence-electron chi connectivity index (χ3n) is 7.80. The van der Waals surface area contributed by atoms with Gasteiger partial charge in [-0.05, 0) is 48.9 Å². The van der Waals surface area contributed by atoms with Crippen LogP contribution in [0.4, 0.5) is 10.5 Å². The van der Waals surface area contributed by atoms with E-state index in [0.717, 1.165) is 26.4 Å².